The van der Waals surface area contributed by atoms with Crippen molar-refractivity contribution in [1.29, 1.82) is 0 Å². The van der Waals surface area contributed by atoms with E-state index in [0.29, 0.717) is 18.7 Å². The van der Waals surface area contributed by atoms with E-state index in [9.17, 15) is 14.9 Å². The fraction of sp³-hybridized carbons (Fsp3) is 0.143. The first kappa shape index (κ1) is 14.4. The van der Waals surface area contributed by atoms with E-state index < -0.39 is 10.9 Å². The Morgan fingerprint density at radius 3 is 2.76 bits per heavy atom. The van der Waals surface area contributed by atoms with Gasteiger partial charge >= 0.3 is 5.97 Å². The van der Waals surface area contributed by atoms with Crippen LogP contribution in [0.4, 0.5) is 11.4 Å². The van der Waals surface area contributed by atoms with Gasteiger partial charge in [-0.1, -0.05) is 6.07 Å². The Morgan fingerprint density at radius 1 is 1.33 bits per heavy atom. The number of pyridine rings is 1. The first-order valence-electron chi connectivity index (χ1n) is 6.23. The standard InChI is InChI=1S/C14H13N3O4/c18-14(19)10-4-5-12(13(9-10)17(20)21)16-8-6-11-3-1-2-7-15-11/h1-5,7,9,16H,6,8H2,(H,18,19). The SMILES string of the molecule is O=C(O)c1ccc(NCCc2ccccn2)c([N+](=O)[O-])c1. The molecule has 7 heteroatoms. The number of rotatable bonds is 6. The van der Waals surface area contributed by atoms with Gasteiger partial charge in [-0.15, -0.1) is 0 Å². The minimum atomic E-state index is -1.20. The van der Waals surface area contributed by atoms with Gasteiger partial charge in [-0.05, 0) is 24.3 Å². The molecule has 21 heavy (non-hydrogen) atoms. The highest BCUT2D eigenvalue weighted by molar-refractivity contribution is 5.89. The number of hydrogen-bond donors (Lipinski definition) is 2. The number of nitro benzene ring substituents is 1. The minimum absolute atomic E-state index is 0.114. The zero-order chi connectivity index (χ0) is 15.2. The number of nitro groups is 1. The fourth-order valence-corrected chi connectivity index (χ4v) is 1.84. The quantitative estimate of drug-likeness (QED) is 0.624. The smallest absolute Gasteiger partial charge is 0.335 e. The second kappa shape index (κ2) is 6.47. The Morgan fingerprint density at radius 2 is 2.14 bits per heavy atom. The topological polar surface area (TPSA) is 105 Å². The lowest BCUT2D eigenvalue weighted by molar-refractivity contribution is -0.384. The Kier molecular flexibility index (Phi) is 4.45. The number of carboxylic acids is 1. The van der Waals surface area contributed by atoms with E-state index in [1.165, 1.54) is 12.1 Å². The number of nitrogens with zero attached hydrogens (tertiary/aromatic N) is 2. The van der Waals surface area contributed by atoms with E-state index in [0.717, 1.165) is 11.8 Å². The summed E-state index contributed by atoms with van der Waals surface area (Å²) in [7, 11) is 0. The van der Waals surface area contributed by atoms with Crippen LogP contribution in [0.15, 0.2) is 42.6 Å². The predicted octanol–water partition coefficient (Wildman–Crippen LogP) is 2.34. The van der Waals surface area contributed by atoms with E-state index >= 15 is 0 Å². The molecule has 1 aromatic carbocycles. The molecule has 7 nitrogen and oxygen atoms in total. The molecule has 0 saturated heterocycles. The van der Waals surface area contributed by atoms with E-state index in [1.807, 2.05) is 18.2 Å². The monoisotopic (exact) mass is 287 g/mol. The molecule has 108 valence electrons. The van der Waals surface area contributed by atoms with Gasteiger partial charge < -0.3 is 10.4 Å². The van der Waals surface area contributed by atoms with Crippen molar-refractivity contribution in [3.8, 4) is 0 Å². The first-order chi connectivity index (χ1) is 10.1. The molecule has 2 aromatic rings. The van der Waals surface area contributed by atoms with Crippen molar-refractivity contribution in [2.24, 2.45) is 0 Å². The summed E-state index contributed by atoms with van der Waals surface area (Å²) in [6.07, 6.45) is 2.29. The van der Waals surface area contributed by atoms with Gasteiger partial charge in [0.15, 0.2) is 0 Å². The average Bonchev–Trinajstić information content (AvgIpc) is 2.48. The van der Waals surface area contributed by atoms with Gasteiger partial charge in [0, 0.05) is 30.9 Å². The number of anilines is 1. The first-order valence-corrected chi connectivity index (χ1v) is 6.23. The van der Waals surface area contributed by atoms with Crippen molar-refractivity contribution in [2.45, 2.75) is 6.42 Å². The highest BCUT2D eigenvalue weighted by atomic mass is 16.6. The van der Waals surface area contributed by atoms with Crippen LogP contribution in [0.25, 0.3) is 0 Å². The Hall–Kier alpha value is -2.96. The third-order valence-electron chi connectivity index (χ3n) is 2.86. The molecule has 0 amide bonds. The Balaban J connectivity index is 2.09. The number of benzene rings is 1. The third kappa shape index (κ3) is 3.75. The van der Waals surface area contributed by atoms with E-state index in [2.05, 4.69) is 10.3 Å². The molecule has 0 bridgehead atoms. The highest BCUT2D eigenvalue weighted by Crippen LogP contribution is 2.25. The zero-order valence-corrected chi connectivity index (χ0v) is 11.0. The largest absolute Gasteiger partial charge is 0.478 e. The minimum Gasteiger partial charge on any atom is -0.478 e. The number of aromatic carboxylic acids is 1. The van der Waals surface area contributed by atoms with Crippen molar-refractivity contribution in [1.82, 2.24) is 4.98 Å². The Labute approximate surface area is 120 Å². The molecule has 0 atom stereocenters. The number of carboxylic acid groups (broad SMARTS) is 1. The van der Waals surface area contributed by atoms with Crippen LogP contribution in [-0.4, -0.2) is 27.5 Å². The molecule has 2 N–H and O–H groups in total. The summed E-state index contributed by atoms with van der Waals surface area (Å²) in [6, 6.07) is 9.33. The van der Waals surface area contributed by atoms with Crippen LogP contribution >= 0.6 is 0 Å². The summed E-state index contributed by atoms with van der Waals surface area (Å²) in [6.45, 7) is 0.463. The normalized spacial score (nSPS) is 10.1. The molecule has 0 aliphatic rings. The highest BCUT2D eigenvalue weighted by Gasteiger charge is 2.16. The molecule has 0 spiro atoms. The maximum atomic E-state index is 11.0. The summed E-state index contributed by atoms with van der Waals surface area (Å²) in [5.41, 5.74) is 0.795. The summed E-state index contributed by atoms with van der Waals surface area (Å²) < 4.78 is 0. The van der Waals surface area contributed by atoms with Gasteiger partial charge in [0.1, 0.15) is 5.69 Å². The van der Waals surface area contributed by atoms with Crippen molar-refractivity contribution >= 4 is 17.3 Å². The van der Waals surface area contributed by atoms with Crippen molar-refractivity contribution in [3.63, 3.8) is 0 Å². The summed E-state index contributed by atoms with van der Waals surface area (Å²) in [5.74, 6) is -1.20. The van der Waals surface area contributed by atoms with Crippen LogP contribution in [0.5, 0.6) is 0 Å². The fourth-order valence-electron chi connectivity index (χ4n) is 1.84. The molecular formula is C14H13N3O4. The van der Waals surface area contributed by atoms with Crippen LogP contribution in [0, 0.1) is 10.1 Å². The molecule has 0 saturated carbocycles. The second-order valence-corrected chi connectivity index (χ2v) is 4.29. The molecule has 0 aliphatic carbocycles. The molecular weight excluding hydrogens is 274 g/mol. The maximum absolute atomic E-state index is 11.0. The molecule has 0 aliphatic heterocycles. The zero-order valence-electron chi connectivity index (χ0n) is 11.0. The number of hydrogen-bond acceptors (Lipinski definition) is 5. The van der Waals surface area contributed by atoms with Gasteiger partial charge in [0.05, 0.1) is 10.5 Å². The molecule has 0 unspecified atom stereocenters. The van der Waals surface area contributed by atoms with Crippen LogP contribution in [0.3, 0.4) is 0 Å². The van der Waals surface area contributed by atoms with Gasteiger partial charge in [0.2, 0.25) is 0 Å². The van der Waals surface area contributed by atoms with Crippen molar-refractivity contribution in [3.05, 3.63) is 64.0 Å². The maximum Gasteiger partial charge on any atom is 0.335 e. The van der Waals surface area contributed by atoms with Crippen LogP contribution in [0.1, 0.15) is 16.1 Å². The van der Waals surface area contributed by atoms with Crippen LogP contribution < -0.4 is 5.32 Å². The van der Waals surface area contributed by atoms with E-state index in [4.69, 9.17) is 5.11 Å². The van der Waals surface area contributed by atoms with E-state index in [-0.39, 0.29) is 11.3 Å². The number of carbonyl (C=O) groups is 1. The lowest BCUT2D eigenvalue weighted by atomic mass is 10.1. The molecule has 2 rings (SSSR count). The third-order valence-corrected chi connectivity index (χ3v) is 2.86. The molecule has 0 fully saturated rings. The summed E-state index contributed by atoms with van der Waals surface area (Å²) >= 11 is 0. The van der Waals surface area contributed by atoms with Gasteiger partial charge in [-0.2, -0.15) is 0 Å². The Bertz CT molecular complexity index is 659. The van der Waals surface area contributed by atoms with Crippen molar-refractivity contribution < 1.29 is 14.8 Å². The van der Waals surface area contributed by atoms with Gasteiger partial charge in [-0.25, -0.2) is 4.79 Å². The average molecular weight is 287 g/mol. The van der Waals surface area contributed by atoms with Gasteiger partial charge in [0.25, 0.3) is 5.69 Å². The lowest BCUT2D eigenvalue weighted by Crippen LogP contribution is -2.08. The summed E-state index contributed by atoms with van der Waals surface area (Å²) in [4.78, 5) is 25.4. The predicted molar refractivity (Wildman–Crippen MR) is 76.5 cm³/mol. The second-order valence-electron chi connectivity index (χ2n) is 4.29. The molecule has 1 aromatic heterocycles. The number of nitrogens with one attached hydrogen (secondary N) is 1. The summed E-state index contributed by atoms with van der Waals surface area (Å²) in [5, 5.41) is 22.8. The van der Waals surface area contributed by atoms with Gasteiger partial charge in [-0.3, -0.25) is 15.1 Å². The van der Waals surface area contributed by atoms with Crippen LogP contribution in [0.2, 0.25) is 0 Å². The van der Waals surface area contributed by atoms with E-state index in [1.54, 1.807) is 6.20 Å². The molecule has 1 heterocycles. The number of aromatic nitrogens is 1. The lowest BCUT2D eigenvalue weighted by Gasteiger charge is -2.07. The van der Waals surface area contributed by atoms with Crippen LogP contribution in [-0.2, 0) is 6.42 Å². The van der Waals surface area contributed by atoms with Crippen molar-refractivity contribution in [2.75, 3.05) is 11.9 Å². The molecule has 0 radical (unpaired) electrons.